The van der Waals surface area contributed by atoms with Gasteiger partial charge in [-0.15, -0.1) is 0 Å². The zero-order valence-electron chi connectivity index (χ0n) is 9.92. The molecule has 0 atom stereocenters. The van der Waals surface area contributed by atoms with E-state index >= 15 is 0 Å². The Morgan fingerprint density at radius 1 is 0.944 bits per heavy atom. The third-order valence-electron chi connectivity index (χ3n) is 2.66. The van der Waals surface area contributed by atoms with Crippen molar-refractivity contribution < 1.29 is 8.42 Å². The number of anilines is 2. The van der Waals surface area contributed by atoms with Crippen molar-refractivity contribution in [2.24, 2.45) is 0 Å². The van der Waals surface area contributed by atoms with E-state index in [9.17, 15) is 8.42 Å². The molecule has 0 saturated heterocycles. The molecule has 18 heavy (non-hydrogen) atoms. The van der Waals surface area contributed by atoms with Crippen molar-refractivity contribution in [3.63, 3.8) is 0 Å². The van der Waals surface area contributed by atoms with Gasteiger partial charge < -0.3 is 11.5 Å². The fourth-order valence-corrected chi connectivity index (χ4v) is 3.05. The summed E-state index contributed by atoms with van der Waals surface area (Å²) in [4.78, 5) is 0.261. The first-order valence-electron chi connectivity index (χ1n) is 5.38. The van der Waals surface area contributed by atoms with E-state index in [1.165, 1.54) is 12.1 Å². The lowest BCUT2D eigenvalue weighted by atomic mass is 10.2. The molecule has 2 rings (SSSR count). The number of rotatable bonds is 2. The van der Waals surface area contributed by atoms with Crippen molar-refractivity contribution >= 4 is 21.2 Å². The van der Waals surface area contributed by atoms with Crippen molar-refractivity contribution in [1.82, 2.24) is 0 Å². The smallest absolute Gasteiger partial charge is 0.208 e. The Labute approximate surface area is 106 Å². The maximum Gasteiger partial charge on any atom is 0.208 e. The van der Waals surface area contributed by atoms with Crippen molar-refractivity contribution in [2.45, 2.75) is 16.7 Å². The molecule has 0 aliphatic carbocycles. The normalized spacial score (nSPS) is 11.4. The van der Waals surface area contributed by atoms with Crippen molar-refractivity contribution in [3.05, 3.63) is 48.0 Å². The van der Waals surface area contributed by atoms with Gasteiger partial charge in [-0.3, -0.25) is 0 Å². The largest absolute Gasteiger partial charge is 0.399 e. The van der Waals surface area contributed by atoms with Crippen molar-refractivity contribution in [2.75, 3.05) is 11.5 Å². The molecule has 0 fully saturated rings. The number of sulfone groups is 1. The molecule has 2 aromatic carbocycles. The Morgan fingerprint density at radius 2 is 1.56 bits per heavy atom. The van der Waals surface area contributed by atoms with E-state index in [-0.39, 0.29) is 15.5 Å². The molecule has 0 aromatic heterocycles. The van der Waals surface area contributed by atoms with Gasteiger partial charge in [0.2, 0.25) is 9.84 Å². The van der Waals surface area contributed by atoms with Crippen molar-refractivity contribution in [1.29, 1.82) is 0 Å². The van der Waals surface area contributed by atoms with Gasteiger partial charge in [0.1, 0.15) is 0 Å². The maximum atomic E-state index is 12.4. The topological polar surface area (TPSA) is 86.2 Å². The minimum atomic E-state index is -3.61. The van der Waals surface area contributed by atoms with Gasteiger partial charge >= 0.3 is 0 Å². The molecule has 0 bridgehead atoms. The van der Waals surface area contributed by atoms with Gasteiger partial charge in [-0.05, 0) is 37.3 Å². The molecular formula is C13H14N2O2S. The van der Waals surface area contributed by atoms with Gasteiger partial charge in [0.25, 0.3) is 0 Å². The summed E-state index contributed by atoms with van der Waals surface area (Å²) in [6.45, 7) is 1.89. The Hall–Kier alpha value is -2.01. The summed E-state index contributed by atoms with van der Waals surface area (Å²) in [6, 6.07) is 11.1. The molecule has 0 radical (unpaired) electrons. The first kappa shape index (κ1) is 12.4. The monoisotopic (exact) mass is 262 g/mol. The van der Waals surface area contributed by atoms with E-state index in [0.717, 1.165) is 5.56 Å². The molecule has 94 valence electrons. The highest BCUT2D eigenvalue weighted by Crippen LogP contribution is 2.27. The Morgan fingerprint density at radius 3 is 2.17 bits per heavy atom. The number of nitrogens with two attached hydrogens (primary N) is 2. The van der Waals surface area contributed by atoms with Crippen LogP contribution >= 0.6 is 0 Å². The summed E-state index contributed by atoms with van der Waals surface area (Å²) in [7, 11) is -3.61. The standard InChI is InChI=1S/C13H14N2O2S/c1-9-2-5-11(6-3-9)18(16,17)13-8-10(14)4-7-12(13)15/h2-8H,14-15H2,1H3. The highest BCUT2D eigenvalue weighted by molar-refractivity contribution is 7.91. The summed E-state index contributed by atoms with van der Waals surface area (Å²) in [5.41, 5.74) is 12.9. The Kier molecular flexibility index (Phi) is 3.00. The Balaban J connectivity index is 2.61. The predicted octanol–water partition coefficient (Wildman–Crippen LogP) is 1.99. The second-order valence-corrected chi connectivity index (χ2v) is 6.03. The predicted molar refractivity (Wildman–Crippen MR) is 71.9 cm³/mol. The average molecular weight is 262 g/mol. The summed E-state index contributed by atoms with van der Waals surface area (Å²) in [5, 5.41) is 0. The maximum absolute atomic E-state index is 12.4. The fourth-order valence-electron chi connectivity index (χ4n) is 1.63. The number of aryl methyl sites for hydroxylation is 1. The third kappa shape index (κ3) is 2.17. The van der Waals surface area contributed by atoms with E-state index in [0.29, 0.717) is 5.69 Å². The molecule has 0 spiro atoms. The number of nitrogen functional groups attached to an aromatic ring is 2. The molecule has 0 amide bonds. The molecule has 2 aromatic rings. The van der Waals surface area contributed by atoms with Gasteiger partial charge in [-0.25, -0.2) is 8.42 Å². The molecular weight excluding hydrogens is 248 g/mol. The fraction of sp³-hybridized carbons (Fsp3) is 0.0769. The van der Waals surface area contributed by atoms with Gasteiger partial charge in [-0.2, -0.15) is 0 Å². The molecule has 0 heterocycles. The highest BCUT2D eigenvalue weighted by Gasteiger charge is 2.20. The zero-order valence-corrected chi connectivity index (χ0v) is 10.7. The molecule has 4 nitrogen and oxygen atoms in total. The number of hydrogen-bond acceptors (Lipinski definition) is 4. The summed E-state index contributed by atoms with van der Waals surface area (Å²) >= 11 is 0. The second-order valence-electron chi connectivity index (χ2n) is 4.11. The molecule has 0 aliphatic heterocycles. The van der Waals surface area contributed by atoms with Crippen LogP contribution in [0, 0.1) is 6.92 Å². The lowest BCUT2D eigenvalue weighted by molar-refractivity contribution is 0.596. The van der Waals surface area contributed by atoms with Crippen LogP contribution in [0.3, 0.4) is 0 Å². The van der Waals surface area contributed by atoms with Crippen LogP contribution in [0.5, 0.6) is 0 Å². The van der Waals surface area contributed by atoms with Crippen LogP contribution in [0.2, 0.25) is 0 Å². The first-order valence-corrected chi connectivity index (χ1v) is 6.86. The van der Waals surface area contributed by atoms with E-state index in [1.54, 1.807) is 30.3 Å². The van der Waals surface area contributed by atoms with Gasteiger partial charge in [0.05, 0.1) is 15.5 Å². The van der Waals surface area contributed by atoms with Crippen LogP contribution in [-0.2, 0) is 9.84 Å². The van der Waals surface area contributed by atoms with Crippen molar-refractivity contribution in [3.8, 4) is 0 Å². The van der Waals surface area contributed by atoms with Crippen LogP contribution in [-0.4, -0.2) is 8.42 Å². The van der Waals surface area contributed by atoms with Gasteiger partial charge in [0.15, 0.2) is 0 Å². The van der Waals surface area contributed by atoms with Crippen LogP contribution in [0.15, 0.2) is 52.3 Å². The molecule has 5 heteroatoms. The molecule has 4 N–H and O–H groups in total. The lowest BCUT2D eigenvalue weighted by Crippen LogP contribution is -2.06. The van der Waals surface area contributed by atoms with Gasteiger partial charge in [-0.1, -0.05) is 17.7 Å². The van der Waals surface area contributed by atoms with Gasteiger partial charge in [0, 0.05) is 5.69 Å². The average Bonchev–Trinajstić information content (AvgIpc) is 2.32. The number of benzene rings is 2. The summed E-state index contributed by atoms with van der Waals surface area (Å²) < 4.78 is 24.8. The molecule has 0 unspecified atom stereocenters. The summed E-state index contributed by atoms with van der Waals surface area (Å²) in [5.74, 6) is 0. The van der Waals surface area contributed by atoms with Crippen LogP contribution < -0.4 is 11.5 Å². The SMILES string of the molecule is Cc1ccc(S(=O)(=O)c2cc(N)ccc2N)cc1. The van der Waals surface area contributed by atoms with E-state index < -0.39 is 9.84 Å². The summed E-state index contributed by atoms with van der Waals surface area (Å²) in [6.07, 6.45) is 0. The lowest BCUT2D eigenvalue weighted by Gasteiger charge is -2.08. The first-order chi connectivity index (χ1) is 8.41. The zero-order chi connectivity index (χ0) is 13.3. The van der Waals surface area contributed by atoms with Crippen LogP contribution in [0.1, 0.15) is 5.56 Å². The Bertz CT molecular complexity index is 677. The second kappa shape index (κ2) is 4.34. The quantitative estimate of drug-likeness (QED) is 0.810. The molecule has 0 aliphatic rings. The van der Waals surface area contributed by atoms with Crippen LogP contribution in [0.25, 0.3) is 0 Å². The highest BCUT2D eigenvalue weighted by atomic mass is 32.2. The number of hydrogen-bond donors (Lipinski definition) is 2. The minimum Gasteiger partial charge on any atom is -0.399 e. The molecule has 0 saturated carbocycles. The van der Waals surface area contributed by atoms with Crippen LogP contribution in [0.4, 0.5) is 11.4 Å². The van der Waals surface area contributed by atoms with E-state index in [2.05, 4.69) is 0 Å². The van der Waals surface area contributed by atoms with E-state index in [1.807, 2.05) is 6.92 Å². The third-order valence-corrected chi connectivity index (χ3v) is 4.48. The van der Waals surface area contributed by atoms with E-state index in [4.69, 9.17) is 11.5 Å². The minimum absolute atomic E-state index is 0.0475.